The van der Waals surface area contributed by atoms with Crippen LogP contribution in [0.3, 0.4) is 0 Å². The molecule has 0 bridgehead atoms. The number of nitrogens with one attached hydrogen (secondary N) is 1. The van der Waals surface area contributed by atoms with Gasteiger partial charge in [-0.15, -0.1) is 0 Å². The van der Waals surface area contributed by atoms with Crippen molar-refractivity contribution >= 4 is 58.1 Å². The van der Waals surface area contributed by atoms with Crippen molar-refractivity contribution in [2.75, 3.05) is 5.32 Å². The monoisotopic (exact) mass is 414 g/mol. The van der Waals surface area contributed by atoms with Crippen LogP contribution < -0.4 is 5.32 Å². The first-order valence-electron chi connectivity index (χ1n) is 6.99. The van der Waals surface area contributed by atoms with E-state index in [0.717, 1.165) is 0 Å². The highest BCUT2D eigenvalue weighted by Crippen LogP contribution is 2.26. The molecule has 2 heterocycles. The predicted molar refractivity (Wildman–Crippen MR) is 101 cm³/mol. The van der Waals surface area contributed by atoms with Crippen LogP contribution in [0.15, 0.2) is 36.5 Å². The summed E-state index contributed by atoms with van der Waals surface area (Å²) in [7, 11) is 0. The number of hydrogen-bond acceptors (Lipinski definition) is 3. The number of carbonyl (C=O) groups is 1. The van der Waals surface area contributed by atoms with Crippen molar-refractivity contribution in [2.45, 2.75) is 6.92 Å². The summed E-state index contributed by atoms with van der Waals surface area (Å²) in [6.07, 6.45) is 1.45. The Kier molecular flexibility index (Phi) is 5.20. The molecule has 1 aromatic carbocycles. The summed E-state index contributed by atoms with van der Waals surface area (Å²) in [6, 6.07) is 7.86. The van der Waals surface area contributed by atoms with Crippen LogP contribution in [0.1, 0.15) is 16.1 Å². The number of aromatic nitrogens is 3. The Labute approximate surface area is 163 Å². The average Bonchev–Trinajstić information content (AvgIpc) is 2.87. The third-order valence-corrected chi connectivity index (χ3v) is 4.27. The van der Waals surface area contributed by atoms with Crippen LogP contribution in [0.2, 0.25) is 20.1 Å². The van der Waals surface area contributed by atoms with Gasteiger partial charge in [0.15, 0.2) is 5.82 Å². The van der Waals surface area contributed by atoms with Gasteiger partial charge in [0.05, 0.1) is 26.3 Å². The molecule has 0 saturated carbocycles. The molecule has 0 spiro atoms. The van der Waals surface area contributed by atoms with Crippen LogP contribution in [0.4, 0.5) is 5.82 Å². The second-order valence-corrected chi connectivity index (χ2v) is 6.81. The zero-order valence-corrected chi connectivity index (χ0v) is 15.7. The molecule has 1 N–H and O–H groups in total. The van der Waals surface area contributed by atoms with Crippen molar-refractivity contribution in [3.63, 3.8) is 0 Å². The molecule has 0 unspecified atom stereocenters. The van der Waals surface area contributed by atoms with Crippen LogP contribution in [0, 0.1) is 6.92 Å². The van der Waals surface area contributed by atoms with Gasteiger partial charge >= 0.3 is 0 Å². The van der Waals surface area contributed by atoms with Gasteiger partial charge in [-0.05, 0) is 31.2 Å². The van der Waals surface area contributed by atoms with Crippen LogP contribution in [0.25, 0.3) is 5.82 Å². The summed E-state index contributed by atoms with van der Waals surface area (Å²) in [5.74, 6) is 0.329. The fourth-order valence-corrected chi connectivity index (χ4v) is 3.12. The molecule has 0 fully saturated rings. The molecule has 3 aromatic rings. The van der Waals surface area contributed by atoms with Gasteiger partial charge in [-0.1, -0.05) is 46.4 Å². The van der Waals surface area contributed by atoms with E-state index in [4.69, 9.17) is 46.4 Å². The molecule has 0 saturated heterocycles. The standard InChI is InChI=1S/C16H10Cl4N4O/c1-8-4-14(22-16(25)11-3-2-9(17)5-12(11)19)24(23-8)15-13(20)6-10(18)7-21-15/h2-7H,1H3,(H,22,25). The third-order valence-electron chi connectivity index (χ3n) is 3.24. The summed E-state index contributed by atoms with van der Waals surface area (Å²) in [5, 5.41) is 8.45. The molecule has 0 radical (unpaired) electrons. The highest BCUT2D eigenvalue weighted by molar-refractivity contribution is 6.37. The van der Waals surface area contributed by atoms with Gasteiger partial charge in [0.1, 0.15) is 5.82 Å². The number of rotatable bonds is 3. The highest BCUT2D eigenvalue weighted by Gasteiger charge is 2.17. The van der Waals surface area contributed by atoms with Gasteiger partial charge in [-0.2, -0.15) is 9.78 Å². The fourth-order valence-electron chi connectivity index (χ4n) is 2.17. The van der Waals surface area contributed by atoms with E-state index < -0.39 is 5.91 Å². The van der Waals surface area contributed by atoms with Gasteiger partial charge in [0, 0.05) is 17.3 Å². The summed E-state index contributed by atoms with van der Waals surface area (Å²) in [6.45, 7) is 1.78. The number of benzene rings is 1. The van der Waals surface area contributed by atoms with E-state index >= 15 is 0 Å². The van der Waals surface area contributed by atoms with Gasteiger partial charge in [0.2, 0.25) is 0 Å². The number of hydrogen-bond donors (Lipinski definition) is 1. The van der Waals surface area contributed by atoms with Gasteiger partial charge in [0.25, 0.3) is 5.91 Å². The highest BCUT2D eigenvalue weighted by atomic mass is 35.5. The zero-order valence-electron chi connectivity index (χ0n) is 12.7. The summed E-state index contributed by atoms with van der Waals surface area (Å²) in [5.41, 5.74) is 0.956. The van der Waals surface area contributed by atoms with Crippen molar-refractivity contribution in [1.29, 1.82) is 0 Å². The molecule has 0 aliphatic rings. The molecule has 0 atom stereocenters. The van der Waals surface area contributed by atoms with Gasteiger partial charge in [-0.25, -0.2) is 4.98 Å². The maximum atomic E-state index is 12.5. The third kappa shape index (κ3) is 3.90. The average molecular weight is 416 g/mol. The van der Waals surface area contributed by atoms with Crippen LogP contribution in [0.5, 0.6) is 0 Å². The molecular weight excluding hydrogens is 406 g/mol. The summed E-state index contributed by atoms with van der Waals surface area (Å²) >= 11 is 24.0. The van der Waals surface area contributed by atoms with Crippen molar-refractivity contribution in [2.24, 2.45) is 0 Å². The first-order chi connectivity index (χ1) is 11.8. The number of amides is 1. The van der Waals surface area contributed by atoms with Gasteiger partial charge in [-0.3, -0.25) is 4.79 Å². The van der Waals surface area contributed by atoms with E-state index in [9.17, 15) is 4.79 Å². The van der Waals surface area contributed by atoms with E-state index in [1.165, 1.54) is 16.9 Å². The second-order valence-electron chi connectivity index (χ2n) is 5.12. The van der Waals surface area contributed by atoms with Crippen molar-refractivity contribution in [1.82, 2.24) is 14.8 Å². The lowest BCUT2D eigenvalue weighted by Gasteiger charge is -2.10. The molecule has 0 aliphatic carbocycles. The lowest BCUT2D eigenvalue weighted by atomic mass is 10.2. The number of pyridine rings is 1. The molecule has 2 aromatic heterocycles. The molecular formula is C16H10Cl4N4O. The maximum Gasteiger partial charge on any atom is 0.258 e. The van der Waals surface area contributed by atoms with Crippen molar-refractivity contribution in [3.8, 4) is 5.82 Å². The van der Waals surface area contributed by atoms with E-state index in [1.54, 1.807) is 31.2 Å². The lowest BCUT2D eigenvalue weighted by molar-refractivity contribution is 0.102. The van der Waals surface area contributed by atoms with E-state index in [1.807, 2.05) is 0 Å². The Hall–Kier alpha value is -1.79. The maximum absolute atomic E-state index is 12.5. The SMILES string of the molecule is Cc1cc(NC(=O)c2ccc(Cl)cc2Cl)n(-c2ncc(Cl)cc2Cl)n1. The number of nitrogens with zero attached hydrogens (tertiary/aromatic N) is 3. The molecule has 1 amide bonds. The van der Waals surface area contributed by atoms with Crippen LogP contribution in [-0.4, -0.2) is 20.7 Å². The smallest absolute Gasteiger partial charge is 0.258 e. The van der Waals surface area contributed by atoms with Gasteiger partial charge < -0.3 is 5.32 Å². The minimum absolute atomic E-state index is 0.246. The largest absolute Gasteiger partial charge is 0.306 e. The van der Waals surface area contributed by atoms with Crippen LogP contribution >= 0.6 is 46.4 Å². The number of anilines is 1. The zero-order chi connectivity index (χ0) is 18.1. The first-order valence-corrected chi connectivity index (χ1v) is 8.51. The number of aryl methyl sites for hydroxylation is 1. The Morgan fingerprint density at radius 3 is 2.44 bits per heavy atom. The molecule has 9 heteroatoms. The quantitative estimate of drug-likeness (QED) is 0.619. The predicted octanol–water partition coefficient (Wildman–Crippen LogP) is 5.44. The fraction of sp³-hybridized carbons (Fsp3) is 0.0625. The van der Waals surface area contributed by atoms with E-state index in [0.29, 0.717) is 32.4 Å². The Morgan fingerprint density at radius 2 is 1.76 bits per heavy atom. The van der Waals surface area contributed by atoms with E-state index in [-0.39, 0.29) is 10.6 Å². The topological polar surface area (TPSA) is 59.8 Å². The number of carbonyl (C=O) groups excluding carboxylic acids is 1. The summed E-state index contributed by atoms with van der Waals surface area (Å²) < 4.78 is 1.43. The molecule has 0 aliphatic heterocycles. The lowest BCUT2D eigenvalue weighted by Crippen LogP contribution is -2.16. The molecule has 5 nitrogen and oxygen atoms in total. The molecule has 3 rings (SSSR count). The van der Waals surface area contributed by atoms with Crippen molar-refractivity contribution < 1.29 is 4.79 Å². The van der Waals surface area contributed by atoms with Crippen LogP contribution in [-0.2, 0) is 0 Å². The Balaban J connectivity index is 1.97. The minimum atomic E-state index is -0.409. The first kappa shape index (κ1) is 18.0. The Bertz CT molecular complexity index is 971. The second kappa shape index (κ2) is 7.22. The minimum Gasteiger partial charge on any atom is -0.306 e. The molecule has 128 valence electrons. The normalized spacial score (nSPS) is 10.8. The summed E-state index contributed by atoms with van der Waals surface area (Å²) in [4.78, 5) is 16.7. The Morgan fingerprint density at radius 1 is 1.04 bits per heavy atom. The number of halogens is 4. The van der Waals surface area contributed by atoms with Crippen molar-refractivity contribution in [3.05, 3.63) is 67.9 Å². The van der Waals surface area contributed by atoms with E-state index in [2.05, 4.69) is 15.4 Å². The molecule has 25 heavy (non-hydrogen) atoms.